The number of nitrogens with one attached hydrogen (secondary N) is 3. The van der Waals surface area contributed by atoms with Gasteiger partial charge in [0.1, 0.15) is 11.5 Å². The Morgan fingerprint density at radius 3 is 2.93 bits per heavy atom. The summed E-state index contributed by atoms with van der Waals surface area (Å²) >= 11 is 0. The SMILES string of the molecule is CC12CCC(CC1C(=O)NCCN1CCCCC1)C1(C2)NC(=O)c2cccnc2N1. The molecule has 2 amide bonds. The van der Waals surface area contributed by atoms with Crippen LogP contribution in [-0.4, -0.2) is 53.5 Å². The fourth-order valence-electron chi connectivity index (χ4n) is 6.37. The van der Waals surface area contributed by atoms with Crippen molar-refractivity contribution in [2.75, 3.05) is 31.5 Å². The van der Waals surface area contributed by atoms with Crippen LogP contribution in [0.3, 0.4) is 0 Å². The summed E-state index contributed by atoms with van der Waals surface area (Å²) in [7, 11) is 0. The number of rotatable bonds is 4. The second kappa shape index (κ2) is 7.52. The molecule has 3 aliphatic carbocycles. The fourth-order valence-corrected chi connectivity index (χ4v) is 6.37. The first-order valence-corrected chi connectivity index (χ1v) is 11.5. The van der Waals surface area contributed by atoms with Gasteiger partial charge in [0.25, 0.3) is 5.91 Å². The summed E-state index contributed by atoms with van der Waals surface area (Å²) in [6, 6.07) is 3.59. The van der Waals surface area contributed by atoms with E-state index in [-0.39, 0.29) is 29.1 Å². The van der Waals surface area contributed by atoms with Crippen molar-refractivity contribution in [2.45, 2.75) is 57.5 Å². The minimum absolute atomic E-state index is 0.00654. The second-order valence-electron chi connectivity index (χ2n) is 10.00. The molecular weight excluding hydrogens is 378 g/mol. The zero-order valence-corrected chi connectivity index (χ0v) is 17.9. The van der Waals surface area contributed by atoms with Crippen LogP contribution in [0, 0.1) is 17.3 Å². The Hall–Kier alpha value is -2.15. The van der Waals surface area contributed by atoms with Gasteiger partial charge in [-0.15, -0.1) is 0 Å². The van der Waals surface area contributed by atoms with Gasteiger partial charge < -0.3 is 20.9 Å². The largest absolute Gasteiger partial charge is 0.355 e. The molecule has 2 aliphatic heterocycles. The van der Waals surface area contributed by atoms with Gasteiger partial charge in [-0.05, 0) is 69.2 Å². The third kappa shape index (κ3) is 3.37. The summed E-state index contributed by atoms with van der Waals surface area (Å²) in [6.07, 6.45) is 9.21. The van der Waals surface area contributed by atoms with Crippen LogP contribution in [0.1, 0.15) is 62.2 Å². The van der Waals surface area contributed by atoms with E-state index < -0.39 is 5.66 Å². The van der Waals surface area contributed by atoms with Crippen molar-refractivity contribution in [3.05, 3.63) is 23.9 Å². The Balaban J connectivity index is 1.26. The van der Waals surface area contributed by atoms with Gasteiger partial charge in [0, 0.05) is 31.1 Å². The molecule has 4 unspecified atom stereocenters. The lowest BCUT2D eigenvalue weighted by Crippen LogP contribution is -2.70. The van der Waals surface area contributed by atoms with Crippen LogP contribution in [0.5, 0.6) is 0 Å². The molecule has 4 fully saturated rings. The Morgan fingerprint density at radius 1 is 1.30 bits per heavy atom. The molecule has 4 atom stereocenters. The number of likely N-dealkylation sites (tertiary alicyclic amines) is 1. The average Bonchev–Trinajstić information content (AvgIpc) is 2.74. The maximum absolute atomic E-state index is 13.1. The van der Waals surface area contributed by atoms with Crippen LogP contribution in [0.2, 0.25) is 0 Å². The van der Waals surface area contributed by atoms with E-state index >= 15 is 0 Å². The van der Waals surface area contributed by atoms with Crippen molar-refractivity contribution in [3.63, 3.8) is 0 Å². The minimum Gasteiger partial charge on any atom is -0.355 e. The Bertz CT molecular complexity index is 839. The summed E-state index contributed by atoms with van der Waals surface area (Å²) in [4.78, 5) is 32.8. The lowest BCUT2D eigenvalue weighted by molar-refractivity contribution is -0.139. The summed E-state index contributed by atoms with van der Waals surface area (Å²) in [5.74, 6) is 1.04. The molecule has 162 valence electrons. The molecule has 1 aromatic heterocycles. The lowest BCUT2D eigenvalue weighted by Gasteiger charge is -2.60. The van der Waals surface area contributed by atoms with E-state index in [2.05, 4.69) is 32.8 Å². The van der Waals surface area contributed by atoms with Crippen molar-refractivity contribution in [3.8, 4) is 0 Å². The summed E-state index contributed by atoms with van der Waals surface area (Å²) in [5, 5.41) is 10.1. The third-order valence-corrected chi connectivity index (χ3v) is 8.03. The molecule has 0 radical (unpaired) electrons. The number of aromatic nitrogens is 1. The highest BCUT2D eigenvalue weighted by Crippen LogP contribution is 2.58. The van der Waals surface area contributed by atoms with Gasteiger partial charge in [0.15, 0.2) is 0 Å². The molecule has 0 aromatic carbocycles. The molecule has 1 spiro atoms. The highest BCUT2D eigenvalue weighted by Gasteiger charge is 2.60. The Kier molecular flexibility index (Phi) is 4.96. The average molecular weight is 412 g/mol. The molecule has 6 rings (SSSR count). The smallest absolute Gasteiger partial charge is 0.256 e. The second-order valence-corrected chi connectivity index (χ2v) is 10.00. The quantitative estimate of drug-likeness (QED) is 0.708. The third-order valence-electron chi connectivity index (χ3n) is 8.03. The van der Waals surface area contributed by atoms with Crippen LogP contribution in [0.25, 0.3) is 0 Å². The number of carbonyl (C=O) groups is 2. The summed E-state index contributed by atoms with van der Waals surface area (Å²) in [6.45, 7) is 6.21. The number of hydrogen-bond donors (Lipinski definition) is 3. The van der Waals surface area contributed by atoms with Gasteiger partial charge in [-0.3, -0.25) is 9.59 Å². The highest BCUT2D eigenvalue weighted by molar-refractivity contribution is 6.01. The van der Waals surface area contributed by atoms with Crippen LogP contribution in [0.15, 0.2) is 18.3 Å². The number of nitrogens with zero attached hydrogens (tertiary/aromatic N) is 2. The van der Waals surface area contributed by atoms with Gasteiger partial charge in [-0.25, -0.2) is 4.98 Å². The molecule has 2 bridgehead atoms. The van der Waals surface area contributed by atoms with E-state index in [1.165, 1.54) is 19.3 Å². The van der Waals surface area contributed by atoms with Crippen LogP contribution in [-0.2, 0) is 4.79 Å². The molecule has 7 heteroatoms. The van der Waals surface area contributed by atoms with E-state index in [1.807, 2.05) is 0 Å². The zero-order chi connectivity index (χ0) is 20.8. The first-order chi connectivity index (χ1) is 14.5. The van der Waals surface area contributed by atoms with Gasteiger partial charge in [0.2, 0.25) is 5.91 Å². The van der Waals surface area contributed by atoms with Crippen molar-refractivity contribution in [2.24, 2.45) is 17.3 Å². The molecule has 1 saturated heterocycles. The van der Waals surface area contributed by atoms with Crippen molar-refractivity contribution < 1.29 is 9.59 Å². The number of pyridine rings is 1. The minimum atomic E-state index is -0.490. The molecule has 3 N–H and O–H groups in total. The van der Waals surface area contributed by atoms with Gasteiger partial charge in [-0.2, -0.15) is 0 Å². The molecule has 3 heterocycles. The summed E-state index contributed by atoms with van der Waals surface area (Å²) in [5.41, 5.74) is -0.0197. The van der Waals surface area contributed by atoms with E-state index in [1.54, 1.807) is 18.3 Å². The van der Waals surface area contributed by atoms with Crippen molar-refractivity contribution in [1.82, 2.24) is 20.5 Å². The number of piperidine rings is 1. The Morgan fingerprint density at radius 2 is 2.13 bits per heavy atom. The van der Waals surface area contributed by atoms with Gasteiger partial charge in [-0.1, -0.05) is 13.3 Å². The van der Waals surface area contributed by atoms with Crippen molar-refractivity contribution in [1.29, 1.82) is 0 Å². The van der Waals surface area contributed by atoms with E-state index in [4.69, 9.17) is 0 Å². The number of fused-ring (bicyclic) bond motifs is 3. The predicted molar refractivity (Wildman–Crippen MR) is 115 cm³/mol. The maximum atomic E-state index is 13.1. The fraction of sp³-hybridized carbons (Fsp3) is 0.696. The Labute approximate surface area is 178 Å². The van der Waals surface area contributed by atoms with Crippen LogP contribution < -0.4 is 16.0 Å². The van der Waals surface area contributed by atoms with Crippen molar-refractivity contribution >= 4 is 17.6 Å². The van der Waals surface area contributed by atoms with Crippen LogP contribution >= 0.6 is 0 Å². The summed E-state index contributed by atoms with van der Waals surface area (Å²) < 4.78 is 0. The molecule has 1 aromatic rings. The molecule has 3 saturated carbocycles. The molecular formula is C23H33N5O2. The molecule has 5 aliphatic rings. The number of carbonyl (C=O) groups excluding carboxylic acids is 2. The van der Waals surface area contributed by atoms with E-state index in [9.17, 15) is 9.59 Å². The number of hydrogen-bond acceptors (Lipinski definition) is 5. The van der Waals surface area contributed by atoms with Crippen LogP contribution in [0.4, 0.5) is 5.82 Å². The maximum Gasteiger partial charge on any atom is 0.256 e. The molecule has 7 nitrogen and oxygen atoms in total. The monoisotopic (exact) mass is 411 g/mol. The van der Waals surface area contributed by atoms with E-state index in [0.29, 0.717) is 11.4 Å². The topological polar surface area (TPSA) is 86.4 Å². The first kappa shape index (κ1) is 19.8. The highest BCUT2D eigenvalue weighted by atomic mass is 16.2. The van der Waals surface area contributed by atoms with Gasteiger partial charge in [0.05, 0.1) is 5.56 Å². The zero-order valence-electron chi connectivity index (χ0n) is 17.9. The predicted octanol–water partition coefficient (Wildman–Crippen LogP) is 2.36. The lowest BCUT2D eigenvalue weighted by atomic mass is 9.51. The first-order valence-electron chi connectivity index (χ1n) is 11.5. The number of amides is 2. The van der Waals surface area contributed by atoms with Gasteiger partial charge >= 0.3 is 0 Å². The van der Waals surface area contributed by atoms with E-state index in [0.717, 1.165) is 51.9 Å². The standard InChI is InChI=1S/C23H33N5O2/c1-22-8-7-16(14-18(22)21(30)25-10-13-28-11-3-2-4-12-28)23(15-22)26-19-17(20(29)27-23)6-5-9-24-19/h5-6,9,16,18H,2-4,7-8,10-15H2,1H3,(H,24,26)(H,25,30)(H,27,29). The number of anilines is 1. The normalized spacial score (nSPS) is 35.4. The molecule has 30 heavy (non-hydrogen) atoms.